The topological polar surface area (TPSA) is 81.2 Å². The molecule has 0 spiro atoms. The standard InChI is InChI=1S/C18H18N4O3/c1-11-13(10-19-25-11)18(24)22-9-5-8-15(22)16-20-14-7-4-3-6-12(14)17(23)21(16)2/h3-4,6-7,10,15H,5,8-9H2,1-2H3. The summed E-state index contributed by atoms with van der Waals surface area (Å²) in [4.78, 5) is 32.0. The molecule has 1 saturated heterocycles. The van der Waals surface area contributed by atoms with Gasteiger partial charge in [0.25, 0.3) is 11.5 Å². The maximum Gasteiger partial charge on any atom is 0.261 e. The highest BCUT2D eigenvalue weighted by molar-refractivity contribution is 5.95. The number of likely N-dealkylation sites (tertiary alicyclic amines) is 1. The van der Waals surface area contributed by atoms with Crippen molar-refractivity contribution in [1.82, 2.24) is 19.6 Å². The number of carbonyl (C=O) groups is 1. The smallest absolute Gasteiger partial charge is 0.261 e. The lowest BCUT2D eigenvalue weighted by atomic mass is 10.1. The van der Waals surface area contributed by atoms with Crippen molar-refractivity contribution in [1.29, 1.82) is 0 Å². The number of amides is 1. The lowest BCUT2D eigenvalue weighted by Crippen LogP contribution is -2.34. The molecule has 0 N–H and O–H groups in total. The predicted molar refractivity (Wildman–Crippen MR) is 91.2 cm³/mol. The second-order valence-electron chi connectivity index (χ2n) is 6.30. The summed E-state index contributed by atoms with van der Waals surface area (Å²) in [6.07, 6.45) is 3.08. The number of para-hydroxylation sites is 1. The van der Waals surface area contributed by atoms with Crippen LogP contribution in [0.3, 0.4) is 0 Å². The molecule has 1 aliphatic rings. The normalized spacial score (nSPS) is 17.4. The Kier molecular flexibility index (Phi) is 3.63. The van der Waals surface area contributed by atoms with Crippen LogP contribution >= 0.6 is 0 Å². The van der Waals surface area contributed by atoms with Gasteiger partial charge in [0.1, 0.15) is 17.1 Å². The van der Waals surface area contributed by atoms with Crippen LogP contribution in [0.2, 0.25) is 0 Å². The molecule has 7 heteroatoms. The maximum atomic E-state index is 12.9. The van der Waals surface area contributed by atoms with Crippen LogP contribution in [0.1, 0.15) is 40.8 Å². The minimum Gasteiger partial charge on any atom is -0.361 e. The number of carbonyl (C=O) groups excluding carboxylic acids is 1. The van der Waals surface area contributed by atoms with Gasteiger partial charge in [-0.15, -0.1) is 0 Å². The Morgan fingerprint density at radius 2 is 2.12 bits per heavy atom. The van der Waals surface area contributed by atoms with Crippen molar-refractivity contribution >= 4 is 16.8 Å². The van der Waals surface area contributed by atoms with Gasteiger partial charge in [0.2, 0.25) is 0 Å². The van der Waals surface area contributed by atoms with E-state index in [1.807, 2.05) is 18.2 Å². The van der Waals surface area contributed by atoms with E-state index in [4.69, 9.17) is 4.52 Å². The van der Waals surface area contributed by atoms with Gasteiger partial charge < -0.3 is 9.42 Å². The average Bonchev–Trinajstić information content (AvgIpc) is 3.26. The van der Waals surface area contributed by atoms with Crippen molar-refractivity contribution in [3.63, 3.8) is 0 Å². The SMILES string of the molecule is Cc1oncc1C(=O)N1CCCC1c1nc2ccccc2c(=O)n1C. The number of aromatic nitrogens is 3. The lowest BCUT2D eigenvalue weighted by molar-refractivity contribution is 0.0725. The second-order valence-corrected chi connectivity index (χ2v) is 6.30. The molecule has 1 aliphatic heterocycles. The highest BCUT2D eigenvalue weighted by atomic mass is 16.5. The van der Waals surface area contributed by atoms with Gasteiger partial charge in [0.15, 0.2) is 0 Å². The van der Waals surface area contributed by atoms with Crippen LogP contribution in [0.15, 0.2) is 39.8 Å². The maximum absolute atomic E-state index is 12.9. The van der Waals surface area contributed by atoms with Gasteiger partial charge in [-0.3, -0.25) is 14.2 Å². The van der Waals surface area contributed by atoms with E-state index in [-0.39, 0.29) is 17.5 Å². The molecule has 0 saturated carbocycles. The summed E-state index contributed by atoms with van der Waals surface area (Å²) in [5, 5.41) is 4.27. The monoisotopic (exact) mass is 338 g/mol. The van der Waals surface area contributed by atoms with Gasteiger partial charge in [0.05, 0.1) is 23.1 Å². The van der Waals surface area contributed by atoms with Crippen molar-refractivity contribution < 1.29 is 9.32 Å². The molecule has 0 aliphatic carbocycles. The Hall–Kier alpha value is -2.96. The second kappa shape index (κ2) is 5.84. The van der Waals surface area contributed by atoms with E-state index in [9.17, 15) is 9.59 Å². The number of fused-ring (bicyclic) bond motifs is 1. The van der Waals surface area contributed by atoms with E-state index in [0.717, 1.165) is 12.8 Å². The minimum atomic E-state index is -0.232. The molecule has 3 heterocycles. The third-order valence-corrected chi connectivity index (χ3v) is 4.81. The molecule has 1 atom stereocenters. The van der Waals surface area contributed by atoms with Gasteiger partial charge in [-0.05, 0) is 31.9 Å². The number of rotatable bonds is 2. The molecule has 0 bridgehead atoms. The van der Waals surface area contributed by atoms with Crippen LogP contribution < -0.4 is 5.56 Å². The summed E-state index contributed by atoms with van der Waals surface area (Å²) in [5.41, 5.74) is 1.01. The molecule has 128 valence electrons. The van der Waals surface area contributed by atoms with E-state index in [0.29, 0.717) is 34.6 Å². The molecule has 1 unspecified atom stereocenters. The highest BCUT2D eigenvalue weighted by Crippen LogP contribution is 2.32. The lowest BCUT2D eigenvalue weighted by Gasteiger charge is -2.25. The number of benzene rings is 1. The van der Waals surface area contributed by atoms with E-state index in [1.54, 1.807) is 29.5 Å². The minimum absolute atomic E-state index is 0.0962. The largest absolute Gasteiger partial charge is 0.361 e. The summed E-state index contributed by atoms with van der Waals surface area (Å²) in [6.45, 7) is 2.34. The van der Waals surface area contributed by atoms with Gasteiger partial charge in [-0.25, -0.2) is 4.98 Å². The zero-order chi connectivity index (χ0) is 17.6. The Bertz CT molecular complexity index is 1020. The third kappa shape index (κ3) is 2.43. The van der Waals surface area contributed by atoms with Crippen molar-refractivity contribution in [2.75, 3.05) is 6.54 Å². The zero-order valence-corrected chi connectivity index (χ0v) is 14.1. The summed E-state index contributed by atoms with van der Waals surface area (Å²) in [6, 6.07) is 7.05. The van der Waals surface area contributed by atoms with E-state index in [2.05, 4.69) is 10.1 Å². The average molecular weight is 338 g/mol. The molecular formula is C18H18N4O3. The molecule has 25 heavy (non-hydrogen) atoms. The molecule has 2 aromatic heterocycles. The Labute approximate surface area is 143 Å². The summed E-state index contributed by atoms with van der Waals surface area (Å²) in [5.74, 6) is 0.975. The van der Waals surface area contributed by atoms with Gasteiger partial charge in [0, 0.05) is 13.6 Å². The Morgan fingerprint density at radius 1 is 1.32 bits per heavy atom. The molecule has 1 aromatic carbocycles. The van der Waals surface area contributed by atoms with Gasteiger partial charge in [-0.1, -0.05) is 17.3 Å². The first-order valence-corrected chi connectivity index (χ1v) is 8.26. The van der Waals surface area contributed by atoms with E-state index < -0.39 is 0 Å². The van der Waals surface area contributed by atoms with Crippen LogP contribution in [0.25, 0.3) is 10.9 Å². The fourth-order valence-electron chi connectivity index (χ4n) is 3.47. The molecule has 4 rings (SSSR count). The van der Waals surface area contributed by atoms with Crippen molar-refractivity contribution in [2.45, 2.75) is 25.8 Å². The molecular weight excluding hydrogens is 320 g/mol. The number of aryl methyl sites for hydroxylation is 1. The van der Waals surface area contributed by atoms with Crippen molar-refractivity contribution in [3.8, 4) is 0 Å². The fourth-order valence-corrected chi connectivity index (χ4v) is 3.47. The Morgan fingerprint density at radius 3 is 2.88 bits per heavy atom. The molecule has 7 nitrogen and oxygen atoms in total. The van der Waals surface area contributed by atoms with Gasteiger partial charge in [-0.2, -0.15) is 0 Å². The summed E-state index contributed by atoms with van der Waals surface area (Å²) < 4.78 is 6.57. The van der Waals surface area contributed by atoms with Crippen LogP contribution in [-0.4, -0.2) is 32.1 Å². The van der Waals surface area contributed by atoms with Crippen LogP contribution in [0.4, 0.5) is 0 Å². The molecule has 3 aromatic rings. The number of nitrogens with zero attached hydrogens (tertiary/aromatic N) is 4. The van der Waals surface area contributed by atoms with E-state index in [1.165, 1.54) is 6.20 Å². The van der Waals surface area contributed by atoms with Crippen LogP contribution in [0, 0.1) is 6.92 Å². The predicted octanol–water partition coefficient (Wildman–Crippen LogP) is 2.21. The van der Waals surface area contributed by atoms with Crippen molar-refractivity contribution in [3.05, 3.63) is 58.0 Å². The Balaban J connectivity index is 1.80. The fraction of sp³-hybridized carbons (Fsp3) is 0.333. The first-order valence-electron chi connectivity index (χ1n) is 8.26. The first kappa shape index (κ1) is 15.6. The highest BCUT2D eigenvalue weighted by Gasteiger charge is 2.34. The van der Waals surface area contributed by atoms with Gasteiger partial charge >= 0.3 is 0 Å². The number of hydrogen-bond donors (Lipinski definition) is 0. The summed E-state index contributed by atoms with van der Waals surface area (Å²) >= 11 is 0. The molecule has 1 fully saturated rings. The van der Waals surface area contributed by atoms with Crippen LogP contribution in [0.5, 0.6) is 0 Å². The number of hydrogen-bond acceptors (Lipinski definition) is 5. The third-order valence-electron chi connectivity index (χ3n) is 4.81. The summed E-state index contributed by atoms with van der Waals surface area (Å²) in [7, 11) is 1.71. The first-order chi connectivity index (χ1) is 12.1. The van der Waals surface area contributed by atoms with Crippen LogP contribution in [-0.2, 0) is 7.05 Å². The van der Waals surface area contributed by atoms with Crippen molar-refractivity contribution in [2.24, 2.45) is 7.05 Å². The zero-order valence-electron chi connectivity index (χ0n) is 14.1. The quantitative estimate of drug-likeness (QED) is 0.715. The molecule has 0 radical (unpaired) electrons. The van der Waals surface area contributed by atoms with E-state index >= 15 is 0 Å². The molecule has 1 amide bonds.